The van der Waals surface area contributed by atoms with Gasteiger partial charge in [0.1, 0.15) is 22.3 Å². The molecule has 0 spiro atoms. The third kappa shape index (κ3) is 4.43. The summed E-state index contributed by atoms with van der Waals surface area (Å²) in [5.74, 6) is -1.03. The van der Waals surface area contributed by atoms with Crippen LogP contribution in [0.25, 0.3) is 0 Å². The van der Waals surface area contributed by atoms with Gasteiger partial charge in [-0.1, -0.05) is 12.1 Å². The molecule has 0 radical (unpaired) electrons. The number of sulfonamides is 1. The molecule has 2 aromatic carbocycles. The predicted octanol–water partition coefficient (Wildman–Crippen LogP) is 3.32. The van der Waals surface area contributed by atoms with Crippen molar-refractivity contribution in [1.29, 1.82) is 0 Å². The van der Waals surface area contributed by atoms with E-state index in [4.69, 9.17) is 0 Å². The molecule has 182 valence electrons. The van der Waals surface area contributed by atoms with E-state index in [1.807, 2.05) is 4.90 Å². The summed E-state index contributed by atoms with van der Waals surface area (Å²) in [5, 5.41) is 7.11. The smallest absolute Gasteiger partial charge is 0.285 e. The third-order valence-corrected chi connectivity index (χ3v) is 7.62. The zero-order valence-corrected chi connectivity index (χ0v) is 19.7. The summed E-state index contributed by atoms with van der Waals surface area (Å²) in [5.41, 5.74) is 1.34. The van der Waals surface area contributed by atoms with E-state index in [0.29, 0.717) is 48.7 Å². The average Bonchev–Trinajstić information content (AvgIpc) is 3.32. The highest BCUT2D eigenvalue weighted by Crippen LogP contribution is 2.30. The molecule has 3 heterocycles. The monoisotopic (exact) mass is 499 g/mol. The first-order valence-corrected chi connectivity index (χ1v) is 12.6. The molecule has 1 aromatic heterocycles. The minimum Gasteiger partial charge on any atom is -0.355 e. The number of amides is 1. The minimum absolute atomic E-state index is 0.0463. The number of piperidine rings is 1. The van der Waals surface area contributed by atoms with Crippen molar-refractivity contribution in [2.24, 2.45) is 10.3 Å². The number of fused-ring (bicyclic) bond motifs is 1. The van der Waals surface area contributed by atoms with Gasteiger partial charge < -0.3 is 10.2 Å². The van der Waals surface area contributed by atoms with Gasteiger partial charge in [-0.05, 0) is 50.1 Å². The van der Waals surface area contributed by atoms with Crippen molar-refractivity contribution in [1.82, 2.24) is 14.7 Å². The number of anilines is 1. The van der Waals surface area contributed by atoms with Crippen LogP contribution >= 0.6 is 0 Å². The fourth-order valence-corrected chi connectivity index (χ4v) is 5.73. The summed E-state index contributed by atoms with van der Waals surface area (Å²) in [4.78, 5) is 15.2. The van der Waals surface area contributed by atoms with Gasteiger partial charge in [-0.25, -0.2) is 13.5 Å². The number of hydrogen-bond donors (Lipinski definition) is 1. The predicted molar refractivity (Wildman–Crippen MR) is 126 cm³/mol. The summed E-state index contributed by atoms with van der Waals surface area (Å²) < 4.78 is 58.0. The van der Waals surface area contributed by atoms with Gasteiger partial charge in [0, 0.05) is 29.8 Å². The van der Waals surface area contributed by atoms with Crippen LogP contribution < -0.4 is 5.32 Å². The number of likely N-dealkylation sites (tertiary alicyclic amines) is 1. The molecule has 8 nitrogen and oxygen atoms in total. The molecule has 3 aromatic rings. The Kier molecular flexibility index (Phi) is 5.87. The number of benzene rings is 2. The Labute approximate surface area is 201 Å². The lowest BCUT2D eigenvalue weighted by atomic mass is 9.96. The largest absolute Gasteiger partial charge is 0.355 e. The Morgan fingerprint density at radius 1 is 1.20 bits per heavy atom. The number of aryl methyl sites for hydroxylation is 1. The van der Waals surface area contributed by atoms with Crippen molar-refractivity contribution in [3.63, 3.8) is 0 Å². The highest BCUT2D eigenvalue weighted by atomic mass is 32.2. The standard InChI is InChI=1S/C24H23F2N5O3S/c1-15-12-27-31(14-17-11-18(25)8-9-20(17)26)22(15)28-24(32)16-5-4-10-30(13-16)23-19-6-2-3-7-21(19)35(33,34)29-23/h2-3,6-9,11-12,16H,4-5,10,13-14H2,1H3,(H,28,32). The number of nitrogens with zero attached hydrogens (tertiary/aromatic N) is 4. The van der Waals surface area contributed by atoms with Gasteiger partial charge in [0.2, 0.25) is 5.91 Å². The second kappa shape index (κ2) is 8.88. The summed E-state index contributed by atoms with van der Waals surface area (Å²) in [6.07, 6.45) is 2.86. The fraction of sp³-hybridized carbons (Fsp3) is 0.292. The molecule has 1 amide bonds. The Balaban J connectivity index is 1.34. The highest BCUT2D eigenvalue weighted by molar-refractivity contribution is 7.90. The molecule has 2 aliphatic heterocycles. The summed E-state index contributed by atoms with van der Waals surface area (Å²) >= 11 is 0. The molecule has 1 atom stereocenters. The number of aromatic nitrogens is 2. The number of nitrogens with one attached hydrogen (secondary N) is 1. The van der Waals surface area contributed by atoms with Crippen molar-refractivity contribution in [2.45, 2.75) is 31.2 Å². The highest BCUT2D eigenvalue weighted by Gasteiger charge is 2.35. The van der Waals surface area contributed by atoms with Crippen molar-refractivity contribution in [2.75, 3.05) is 18.4 Å². The van der Waals surface area contributed by atoms with E-state index in [0.717, 1.165) is 18.2 Å². The fourth-order valence-electron chi connectivity index (χ4n) is 4.51. The van der Waals surface area contributed by atoms with Gasteiger partial charge in [0.25, 0.3) is 10.0 Å². The number of rotatable bonds is 4. The maximum Gasteiger partial charge on any atom is 0.285 e. The lowest BCUT2D eigenvalue weighted by molar-refractivity contribution is -0.121. The van der Waals surface area contributed by atoms with Crippen molar-refractivity contribution in [3.05, 3.63) is 77.0 Å². The summed E-state index contributed by atoms with van der Waals surface area (Å²) in [6, 6.07) is 9.86. The van der Waals surface area contributed by atoms with Crippen LogP contribution in [0.15, 0.2) is 58.0 Å². The SMILES string of the molecule is Cc1cnn(Cc2cc(F)ccc2F)c1NC(=O)C1CCCN(C2=NS(=O)(=O)c3ccccc32)C1. The zero-order chi connectivity index (χ0) is 24.7. The Morgan fingerprint density at radius 3 is 2.83 bits per heavy atom. The quantitative estimate of drug-likeness (QED) is 0.594. The van der Waals surface area contributed by atoms with Crippen LogP contribution in [0.3, 0.4) is 0 Å². The zero-order valence-electron chi connectivity index (χ0n) is 18.9. The molecule has 0 bridgehead atoms. The lowest BCUT2D eigenvalue weighted by Gasteiger charge is -2.33. The van der Waals surface area contributed by atoms with Crippen LogP contribution in [-0.4, -0.2) is 47.9 Å². The number of halogens is 2. The van der Waals surface area contributed by atoms with Crippen molar-refractivity contribution < 1.29 is 22.0 Å². The van der Waals surface area contributed by atoms with Gasteiger partial charge in [-0.3, -0.25) is 4.79 Å². The second-order valence-electron chi connectivity index (χ2n) is 8.73. The van der Waals surface area contributed by atoms with Gasteiger partial charge in [0.15, 0.2) is 5.84 Å². The summed E-state index contributed by atoms with van der Waals surface area (Å²) in [7, 11) is -3.75. The van der Waals surface area contributed by atoms with Crippen LogP contribution in [0.5, 0.6) is 0 Å². The van der Waals surface area contributed by atoms with E-state index in [1.165, 1.54) is 10.7 Å². The molecule has 1 N–H and O–H groups in total. The van der Waals surface area contributed by atoms with Gasteiger partial charge in [-0.15, -0.1) is 4.40 Å². The Morgan fingerprint density at radius 2 is 2.00 bits per heavy atom. The molecule has 11 heteroatoms. The van der Waals surface area contributed by atoms with Crippen molar-refractivity contribution >= 4 is 27.6 Å². The molecule has 0 aliphatic carbocycles. The van der Waals surface area contributed by atoms with Crippen LogP contribution in [-0.2, 0) is 21.4 Å². The molecule has 2 aliphatic rings. The van der Waals surface area contributed by atoms with E-state index in [-0.39, 0.29) is 22.9 Å². The molecular formula is C24H23F2N5O3S. The third-order valence-electron chi connectivity index (χ3n) is 6.30. The number of carbonyl (C=O) groups is 1. The molecule has 1 saturated heterocycles. The minimum atomic E-state index is -3.75. The topological polar surface area (TPSA) is 96.7 Å². The van der Waals surface area contributed by atoms with E-state index in [2.05, 4.69) is 14.8 Å². The van der Waals surface area contributed by atoms with E-state index in [9.17, 15) is 22.0 Å². The van der Waals surface area contributed by atoms with Crippen LogP contribution in [0.4, 0.5) is 14.6 Å². The Bertz CT molecular complexity index is 1450. The number of amidine groups is 1. The van der Waals surface area contributed by atoms with Gasteiger partial charge in [-0.2, -0.15) is 13.5 Å². The average molecular weight is 500 g/mol. The maximum absolute atomic E-state index is 14.1. The van der Waals surface area contributed by atoms with E-state index in [1.54, 1.807) is 31.3 Å². The van der Waals surface area contributed by atoms with Gasteiger partial charge in [0.05, 0.1) is 18.7 Å². The molecule has 1 fully saturated rings. The van der Waals surface area contributed by atoms with Crippen LogP contribution in [0.2, 0.25) is 0 Å². The first-order valence-electron chi connectivity index (χ1n) is 11.2. The Hall–Kier alpha value is -3.60. The van der Waals surface area contributed by atoms with Crippen LogP contribution in [0, 0.1) is 24.5 Å². The summed E-state index contributed by atoms with van der Waals surface area (Å²) in [6.45, 7) is 2.61. The van der Waals surface area contributed by atoms with E-state index >= 15 is 0 Å². The lowest BCUT2D eigenvalue weighted by Crippen LogP contribution is -2.44. The second-order valence-corrected chi connectivity index (χ2v) is 10.3. The van der Waals surface area contributed by atoms with Crippen LogP contribution in [0.1, 0.15) is 29.5 Å². The van der Waals surface area contributed by atoms with Gasteiger partial charge >= 0.3 is 0 Å². The normalized spacial score (nSPS) is 18.8. The molecule has 1 unspecified atom stereocenters. The molecular weight excluding hydrogens is 476 g/mol. The van der Waals surface area contributed by atoms with Crippen molar-refractivity contribution in [3.8, 4) is 0 Å². The first-order chi connectivity index (χ1) is 16.7. The number of hydrogen-bond acceptors (Lipinski definition) is 5. The molecule has 35 heavy (non-hydrogen) atoms. The van der Waals surface area contributed by atoms with E-state index < -0.39 is 27.6 Å². The number of carbonyl (C=O) groups excluding carboxylic acids is 1. The molecule has 0 saturated carbocycles. The first kappa shape index (κ1) is 23.2. The maximum atomic E-state index is 14.1. The molecule has 5 rings (SSSR count).